The summed E-state index contributed by atoms with van der Waals surface area (Å²) in [5.41, 5.74) is 7.71. The number of hydrogen-bond donors (Lipinski definition) is 2. The summed E-state index contributed by atoms with van der Waals surface area (Å²) in [5, 5.41) is 6.47. The van der Waals surface area contributed by atoms with Crippen molar-refractivity contribution < 1.29 is 9.32 Å². The number of pyridine rings is 1. The lowest BCUT2D eigenvalue weighted by Crippen LogP contribution is -2.23. The predicted octanol–water partition coefficient (Wildman–Crippen LogP) is 1.53. The van der Waals surface area contributed by atoms with E-state index in [0.717, 1.165) is 18.5 Å². The summed E-state index contributed by atoms with van der Waals surface area (Å²) in [5.74, 6) is 0.159. The number of hydrogen-bond acceptors (Lipinski definition) is 5. The van der Waals surface area contributed by atoms with Gasteiger partial charge in [0.25, 0.3) is 5.91 Å². The highest BCUT2D eigenvalue weighted by molar-refractivity contribution is 5.94. The number of nitrogens with one attached hydrogen (secondary N) is 1. The van der Waals surface area contributed by atoms with Gasteiger partial charge >= 0.3 is 0 Å². The molecule has 0 aliphatic carbocycles. The first-order valence-electron chi connectivity index (χ1n) is 6.13. The summed E-state index contributed by atoms with van der Waals surface area (Å²) < 4.78 is 4.69. The first kappa shape index (κ1) is 13.1. The van der Waals surface area contributed by atoms with Crippen LogP contribution in [0.5, 0.6) is 0 Å². The van der Waals surface area contributed by atoms with Gasteiger partial charge in [0.2, 0.25) is 0 Å². The third kappa shape index (κ3) is 3.54. The van der Waals surface area contributed by atoms with Gasteiger partial charge in [0, 0.05) is 17.3 Å². The Hall–Kier alpha value is -2.37. The third-order valence-electron chi connectivity index (χ3n) is 2.59. The second kappa shape index (κ2) is 5.99. The number of nitrogens with zero attached hydrogens (tertiary/aromatic N) is 2. The maximum atomic E-state index is 12.0. The summed E-state index contributed by atoms with van der Waals surface area (Å²) in [6, 6.07) is 5.03. The van der Waals surface area contributed by atoms with Crippen LogP contribution >= 0.6 is 0 Å². The van der Waals surface area contributed by atoms with E-state index in [-0.39, 0.29) is 5.91 Å². The van der Waals surface area contributed by atoms with Gasteiger partial charge in [-0.2, -0.15) is 0 Å². The molecule has 6 heteroatoms. The van der Waals surface area contributed by atoms with Crippen LogP contribution in [0.3, 0.4) is 0 Å². The second-order valence-corrected chi connectivity index (χ2v) is 4.20. The number of aryl methyl sites for hydroxylation is 1. The lowest BCUT2D eigenvalue weighted by molar-refractivity contribution is 0.0950. The van der Waals surface area contributed by atoms with Crippen LogP contribution in [0.2, 0.25) is 0 Å². The Balaban J connectivity index is 2.05. The second-order valence-electron chi connectivity index (χ2n) is 4.20. The Bertz CT molecular complexity index is 552. The molecule has 0 atom stereocenters. The lowest BCUT2D eigenvalue weighted by atomic mass is 10.1. The topological polar surface area (TPSA) is 94.0 Å². The monoisotopic (exact) mass is 260 g/mol. The van der Waals surface area contributed by atoms with Gasteiger partial charge in [-0.25, -0.2) is 4.98 Å². The van der Waals surface area contributed by atoms with Gasteiger partial charge in [0.15, 0.2) is 0 Å². The molecule has 0 saturated carbocycles. The molecule has 0 fully saturated rings. The van der Waals surface area contributed by atoms with E-state index in [9.17, 15) is 4.79 Å². The zero-order chi connectivity index (χ0) is 13.7. The van der Waals surface area contributed by atoms with Gasteiger partial charge in [0.05, 0.1) is 6.54 Å². The Morgan fingerprint density at radius 1 is 1.42 bits per heavy atom. The van der Waals surface area contributed by atoms with Gasteiger partial charge in [-0.15, -0.1) is 0 Å². The van der Waals surface area contributed by atoms with Crippen molar-refractivity contribution >= 4 is 11.7 Å². The van der Waals surface area contributed by atoms with E-state index in [1.165, 1.54) is 6.26 Å². The number of anilines is 1. The Morgan fingerprint density at radius 2 is 2.26 bits per heavy atom. The smallest absolute Gasteiger partial charge is 0.251 e. The van der Waals surface area contributed by atoms with E-state index >= 15 is 0 Å². The molecule has 19 heavy (non-hydrogen) atoms. The number of nitrogens with two attached hydrogens (primary N) is 1. The van der Waals surface area contributed by atoms with Gasteiger partial charge in [-0.1, -0.05) is 18.5 Å². The highest BCUT2D eigenvalue weighted by atomic mass is 16.5. The summed E-state index contributed by atoms with van der Waals surface area (Å²) in [6.45, 7) is 2.37. The minimum Gasteiger partial charge on any atom is -0.384 e. The summed E-state index contributed by atoms with van der Waals surface area (Å²) in [6.07, 6.45) is 3.22. The molecule has 6 nitrogen and oxygen atoms in total. The van der Waals surface area contributed by atoms with Crippen LogP contribution in [-0.2, 0) is 13.0 Å². The van der Waals surface area contributed by atoms with Crippen LogP contribution < -0.4 is 11.1 Å². The number of amides is 1. The molecule has 0 unspecified atom stereocenters. The molecule has 100 valence electrons. The van der Waals surface area contributed by atoms with Crippen molar-refractivity contribution in [1.29, 1.82) is 0 Å². The zero-order valence-corrected chi connectivity index (χ0v) is 10.7. The van der Waals surface area contributed by atoms with Crippen LogP contribution in [0.4, 0.5) is 5.82 Å². The van der Waals surface area contributed by atoms with Crippen LogP contribution in [0.25, 0.3) is 0 Å². The van der Waals surface area contributed by atoms with Crippen molar-refractivity contribution in [3.63, 3.8) is 0 Å². The van der Waals surface area contributed by atoms with Gasteiger partial charge in [0.1, 0.15) is 17.8 Å². The molecule has 2 aromatic heterocycles. The zero-order valence-electron chi connectivity index (χ0n) is 10.7. The Kier molecular flexibility index (Phi) is 4.12. The van der Waals surface area contributed by atoms with E-state index < -0.39 is 0 Å². The van der Waals surface area contributed by atoms with E-state index in [1.54, 1.807) is 18.2 Å². The highest BCUT2D eigenvalue weighted by Gasteiger charge is 2.09. The number of aromatic nitrogens is 2. The molecule has 1 amide bonds. The van der Waals surface area contributed by atoms with E-state index in [1.807, 2.05) is 0 Å². The third-order valence-corrected chi connectivity index (χ3v) is 2.59. The first-order valence-corrected chi connectivity index (χ1v) is 6.13. The largest absolute Gasteiger partial charge is 0.384 e. The normalized spacial score (nSPS) is 10.4. The van der Waals surface area contributed by atoms with E-state index in [4.69, 9.17) is 10.3 Å². The van der Waals surface area contributed by atoms with Crippen LogP contribution in [0.15, 0.2) is 29.0 Å². The molecule has 0 aromatic carbocycles. The molecule has 0 bridgehead atoms. The standard InChI is InChI=1S/C13H16N4O2/c1-2-3-10-6-9(7-12(14)16-10)13(18)15-8-11-4-5-19-17-11/h4-7H,2-3,8H2,1H3,(H2,14,16)(H,15,18). The minimum atomic E-state index is -0.200. The molecule has 0 spiro atoms. The fourth-order valence-electron chi connectivity index (χ4n) is 1.73. The van der Waals surface area contributed by atoms with Crippen LogP contribution in [0, 0.1) is 0 Å². The molecule has 2 heterocycles. The number of rotatable bonds is 5. The molecule has 0 saturated heterocycles. The molecule has 2 aromatic rings. The minimum absolute atomic E-state index is 0.200. The first-order chi connectivity index (χ1) is 9.19. The van der Waals surface area contributed by atoms with Gasteiger partial charge < -0.3 is 15.6 Å². The number of nitrogen functional groups attached to an aromatic ring is 1. The van der Waals surface area contributed by atoms with Crippen molar-refractivity contribution in [3.8, 4) is 0 Å². The van der Waals surface area contributed by atoms with Crippen molar-refractivity contribution in [1.82, 2.24) is 15.5 Å². The summed E-state index contributed by atoms with van der Waals surface area (Å²) in [7, 11) is 0. The van der Waals surface area contributed by atoms with Crippen molar-refractivity contribution in [2.75, 3.05) is 5.73 Å². The van der Waals surface area contributed by atoms with Gasteiger partial charge in [-0.3, -0.25) is 4.79 Å². The average Bonchev–Trinajstić information content (AvgIpc) is 2.88. The SMILES string of the molecule is CCCc1cc(C(=O)NCc2ccon2)cc(N)n1. The molecule has 0 aliphatic heterocycles. The van der Waals surface area contributed by atoms with Crippen molar-refractivity contribution in [2.45, 2.75) is 26.3 Å². The lowest BCUT2D eigenvalue weighted by Gasteiger charge is -2.06. The quantitative estimate of drug-likeness (QED) is 0.850. The predicted molar refractivity (Wildman–Crippen MR) is 70.3 cm³/mol. The fraction of sp³-hybridized carbons (Fsp3) is 0.308. The molecule has 3 N–H and O–H groups in total. The van der Waals surface area contributed by atoms with Crippen molar-refractivity contribution in [3.05, 3.63) is 41.4 Å². The molecular weight excluding hydrogens is 244 g/mol. The molecular formula is C13H16N4O2. The highest BCUT2D eigenvalue weighted by Crippen LogP contribution is 2.10. The van der Waals surface area contributed by atoms with E-state index in [2.05, 4.69) is 22.4 Å². The maximum Gasteiger partial charge on any atom is 0.251 e. The molecule has 0 aliphatic rings. The summed E-state index contributed by atoms with van der Waals surface area (Å²) in [4.78, 5) is 16.2. The number of carbonyl (C=O) groups excluding carboxylic acids is 1. The van der Waals surface area contributed by atoms with Crippen molar-refractivity contribution in [2.24, 2.45) is 0 Å². The average molecular weight is 260 g/mol. The Morgan fingerprint density at radius 3 is 2.95 bits per heavy atom. The fourth-order valence-corrected chi connectivity index (χ4v) is 1.73. The van der Waals surface area contributed by atoms with Crippen LogP contribution in [0.1, 0.15) is 35.1 Å². The summed E-state index contributed by atoms with van der Waals surface area (Å²) >= 11 is 0. The maximum absolute atomic E-state index is 12.0. The van der Waals surface area contributed by atoms with Gasteiger partial charge in [-0.05, 0) is 18.6 Å². The van der Waals surface area contributed by atoms with Crippen LogP contribution in [-0.4, -0.2) is 16.0 Å². The molecule has 0 radical (unpaired) electrons. The number of carbonyl (C=O) groups is 1. The Labute approximate surface area is 111 Å². The van der Waals surface area contributed by atoms with E-state index in [0.29, 0.717) is 23.6 Å². The molecule has 2 rings (SSSR count).